The van der Waals surface area contributed by atoms with Crippen LogP contribution >= 0.6 is 0 Å². The number of carbonyl (C=O) groups excluding carboxylic acids is 1. The van der Waals surface area contributed by atoms with Crippen LogP contribution in [0.1, 0.15) is 75.8 Å². The van der Waals surface area contributed by atoms with E-state index >= 15 is 0 Å². The Morgan fingerprint density at radius 1 is 1.03 bits per heavy atom. The van der Waals surface area contributed by atoms with Crippen molar-refractivity contribution in [1.29, 1.82) is 0 Å². The van der Waals surface area contributed by atoms with Crippen LogP contribution in [0.15, 0.2) is 48.5 Å². The van der Waals surface area contributed by atoms with Gasteiger partial charge in [-0.15, -0.1) is 0 Å². The van der Waals surface area contributed by atoms with Crippen LogP contribution in [-0.2, 0) is 4.74 Å². The van der Waals surface area contributed by atoms with Crippen molar-refractivity contribution in [1.82, 2.24) is 4.90 Å². The summed E-state index contributed by atoms with van der Waals surface area (Å²) in [6, 6.07) is 17.1. The van der Waals surface area contributed by atoms with Gasteiger partial charge in [0.05, 0.1) is 5.60 Å². The van der Waals surface area contributed by atoms with Crippen molar-refractivity contribution in [2.24, 2.45) is 5.92 Å². The standard InChI is InChI=1S/C28H35NO3/c1-19(2)8-7-15-28(31)16-20-13-14-21(17-28)29(20)27(30)32-18-26-24-11-5-3-9-22(24)23-10-4-6-12-25(23)26/h3-6,9-12,19-21,26,31H,7-8,13-18H2,1-2H3. The van der Waals surface area contributed by atoms with E-state index in [9.17, 15) is 9.90 Å². The lowest BCUT2D eigenvalue weighted by Gasteiger charge is -2.43. The van der Waals surface area contributed by atoms with Gasteiger partial charge in [0, 0.05) is 18.0 Å². The Hall–Kier alpha value is -2.33. The number of rotatable bonds is 6. The molecule has 0 saturated carbocycles. The molecule has 32 heavy (non-hydrogen) atoms. The van der Waals surface area contributed by atoms with E-state index < -0.39 is 5.60 Å². The first-order chi connectivity index (χ1) is 15.5. The highest BCUT2D eigenvalue weighted by atomic mass is 16.6. The lowest BCUT2D eigenvalue weighted by molar-refractivity contribution is -0.0551. The quantitative estimate of drug-likeness (QED) is 0.597. The van der Waals surface area contributed by atoms with Crippen molar-refractivity contribution in [3.8, 4) is 11.1 Å². The van der Waals surface area contributed by atoms with Crippen molar-refractivity contribution in [3.05, 3.63) is 59.7 Å². The fourth-order valence-electron chi connectivity index (χ4n) is 6.33. The first-order valence-electron chi connectivity index (χ1n) is 12.3. The van der Waals surface area contributed by atoms with E-state index in [1.807, 2.05) is 4.90 Å². The zero-order chi connectivity index (χ0) is 22.3. The smallest absolute Gasteiger partial charge is 0.410 e. The topological polar surface area (TPSA) is 49.8 Å². The molecule has 2 bridgehead atoms. The van der Waals surface area contributed by atoms with Gasteiger partial charge in [0.1, 0.15) is 6.61 Å². The Bertz CT molecular complexity index is 925. The van der Waals surface area contributed by atoms with Gasteiger partial charge in [-0.25, -0.2) is 4.79 Å². The summed E-state index contributed by atoms with van der Waals surface area (Å²) in [5.41, 5.74) is 4.34. The molecule has 170 valence electrons. The highest BCUT2D eigenvalue weighted by Crippen LogP contribution is 2.46. The molecule has 2 aromatic rings. The largest absolute Gasteiger partial charge is 0.448 e. The third-order valence-corrected chi connectivity index (χ3v) is 7.82. The molecule has 3 aliphatic rings. The number of benzene rings is 2. The first kappa shape index (κ1) is 21.5. The van der Waals surface area contributed by atoms with Gasteiger partial charge in [0.2, 0.25) is 0 Å². The molecule has 2 heterocycles. The van der Waals surface area contributed by atoms with E-state index in [0.29, 0.717) is 25.4 Å². The number of aliphatic hydroxyl groups is 1. The lowest BCUT2D eigenvalue weighted by Crippen LogP contribution is -2.53. The summed E-state index contributed by atoms with van der Waals surface area (Å²) in [5.74, 6) is 0.748. The third kappa shape index (κ3) is 3.94. The van der Waals surface area contributed by atoms with Gasteiger partial charge in [0.15, 0.2) is 0 Å². The number of hydrogen-bond acceptors (Lipinski definition) is 3. The molecule has 2 saturated heterocycles. The van der Waals surface area contributed by atoms with Gasteiger partial charge in [-0.2, -0.15) is 0 Å². The summed E-state index contributed by atoms with van der Waals surface area (Å²) in [6.45, 7) is 4.82. The molecule has 2 atom stereocenters. The SMILES string of the molecule is CC(C)CCCC1(O)CC2CCC(C1)N2C(=O)OCC1c2ccccc2-c2ccccc21. The molecule has 0 radical (unpaired) electrons. The van der Waals surface area contributed by atoms with Crippen LogP contribution in [0.25, 0.3) is 11.1 Å². The van der Waals surface area contributed by atoms with E-state index in [4.69, 9.17) is 4.74 Å². The highest BCUT2D eigenvalue weighted by molar-refractivity contribution is 5.79. The second-order valence-corrected chi connectivity index (χ2v) is 10.5. The molecular weight excluding hydrogens is 398 g/mol. The van der Waals surface area contributed by atoms with E-state index in [-0.39, 0.29) is 24.1 Å². The van der Waals surface area contributed by atoms with E-state index in [0.717, 1.165) is 32.1 Å². The fraction of sp³-hybridized carbons (Fsp3) is 0.536. The molecule has 4 heteroatoms. The molecule has 4 nitrogen and oxygen atoms in total. The molecular formula is C28H35NO3. The van der Waals surface area contributed by atoms with E-state index in [1.54, 1.807) is 0 Å². The summed E-state index contributed by atoms with van der Waals surface area (Å²) in [6.07, 6.45) is 6.16. The molecule has 2 unspecified atom stereocenters. The second kappa shape index (κ2) is 8.55. The summed E-state index contributed by atoms with van der Waals surface area (Å²) < 4.78 is 5.95. The zero-order valence-corrected chi connectivity index (χ0v) is 19.3. The van der Waals surface area contributed by atoms with Gasteiger partial charge in [-0.1, -0.05) is 75.2 Å². The molecule has 1 aliphatic carbocycles. The number of carbonyl (C=O) groups is 1. The Morgan fingerprint density at radius 3 is 2.16 bits per heavy atom. The Labute approximate surface area is 191 Å². The summed E-state index contributed by atoms with van der Waals surface area (Å²) in [7, 11) is 0. The molecule has 1 N–H and O–H groups in total. The summed E-state index contributed by atoms with van der Waals surface area (Å²) in [5, 5.41) is 11.2. The van der Waals surface area contributed by atoms with Crippen LogP contribution < -0.4 is 0 Å². The maximum Gasteiger partial charge on any atom is 0.410 e. The molecule has 5 rings (SSSR count). The fourth-order valence-corrected chi connectivity index (χ4v) is 6.33. The van der Waals surface area contributed by atoms with Gasteiger partial charge >= 0.3 is 6.09 Å². The van der Waals surface area contributed by atoms with Crippen LogP contribution in [-0.4, -0.2) is 40.4 Å². The monoisotopic (exact) mass is 433 g/mol. The first-order valence-corrected chi connectivity index (χ1v) is 12.3. The van der Waals surface area contributed by atoms with Crippen LogP contribution in [0.2, 0.25) is 0 Å². The zero-order valence-electron chi connectivity index (χ0n) is 19.3. The van der Waals surface area contributed by atoms with Crippen molar-refractivity contribution in [2.75, 3.05) is 6.61 Å². The molecule has 0 aromatic heterocycles. The molecule has 2 aromatic carbocycles. The Morgan fingerprint density at radius 2 is 1.59 bits per heavy atom. The van der Waals surface area contributed by atoms with Gasteiger partial charge in [-0.3, -0.25) is 0 Å². The van der Waals surface area contributed by atoms with Crippen LogP contribution in [0.4, 0.5) is 4.79 Å². The average molecular weight is 434 g/mol. The van der Waals surface area contributed by atoms with Gasteiger partial charge < -0.3 is 14.7 Å². The van der Waals surface area contributed by atoms with Crippen molar-refractivity contribution < 1.29 is 14.6 Å². The second-order valence-electron chi connectivity index (χ2n) is 10.5. The molecule has 2 aliphatic heterocycles. The number of amides is 1. The van der Waals surface area contributed by atoms with Crippen LogP contribution in [0.3, 0.4) is 0 Å². The molecule has 1 amide bonds. The minimum atomic E-state index is -0.624. The summed E-state index contributed by atoms with van der Waals surface area (Å²) >= 11 is 0. The lowest BCUT2D eigenvalue weighted by atomic mass is 9.82. The van der Waals surface area contributed by atoms with Crippen LogP contribution in [0, 0.1) is 5.92 Å². The van der Waals surface area contributed by atoms with Crippen LogP contribution in [0.5, 0.6) is 0 Å². The van der Waals surface area contributed by atoms with Gasteiger partial charge in [0.25, 0.3) is 0 Å². The minimum absolute atomic E-state index is 0.0850. The van der Waals surface area contributed by atoms with Crippen molar-refractivity contribution >= 4 is 6.09 Å². The minimum Gasteiger partial charge on any atom is -0.448 e. The third-order valence-electron chi connectivity index (χ3n) is 7.82. The maximum atomic E-state index is 13.2. The average Bonchev–Trinajstić information content (AvgIpc) is 3.24. The molecule has 2 fully saturated rings. The van der Waals surface area contributed by atoms with Crippen molar-refractivity contribution in [3.63, 3.8) is 0 Å². The maximum absolute atomic E-state index is 13.2. The number of nitrogens with zero attached hydrogens (tertiary/aromatic N) is 1. The highest BCUT2D eigenvalue weighted by Gasteiger charge is 2.49. The normalized spacial score (nSPS) is 26.3. The van der Waals surface area contributed by atoms with E-state index in [2.05, 4.69) is 62.4 Å². The number of fused-ring (bicyclic) bond motifs is 5. The predicted molar refractivity (Wildman–Crippen MR) is 127 cm³/mol. The van der Waals surface area contributed by atoms with E-state index in [1.165, 1.54) is 22.3 Å². The predicted octanol–water partition coefficient (Wildman–Crippen LogP) is 6.12. The number of piperidine rings is 1. The van der Waals surface area contributed by atoms with Gasteiger partial charge in [-0.05, 0) is 60.3 Å². The number of hydrogen-bond donors (Lipinski definition) is 1. The molecule has 0 spiro atoms. The Balaban J connectivity index is 1.24. The Kier molecular flexibility index (Phi) is 5.75. The summed E-state index contributed by atoms with van der Waals surface area (Å²) in [4.78, 5) is 15.1. The number of ether oxygens (including phenoxy) is 1. The van der Waals surface area contributed by atoms with Crippen molar-refractivity contribution in [2.45, 2.75) is 82.4 Å².